The Labute approximate surface area is 141 Å². The number of imide groups is 1. The summed E-state index contributed by atoms with van der Waals surface area (Å²) < 4.78 is 0. The van der Waals surface area contributed by atoms with Crippen molar-refractivity contribution in [1.82, 2.24) is 10.2 Å². The standard InChI is InChI=1S/C18H23N3O3/c1-20(14-8-3-2-4-9-14)15(22)10-7-13-21-16(23)18(19-17(21)24)11-5-6-12-18/h2-4,8-9H,5-7,10-13H2,1H3,(H,19,24). The van der Waals surface area contributed by atoms with E-state index in [1.807, 2.05) is 30.3 Å². The smallest absolute Gasteiger partial charge is 0.323 e. The second-order valence-electron chi connectivity index (χ2n) is 6.57. The lowest BCUT2D eigenvalue weighted by atomic mass is 9.98. The van der Waals surface area contributed by atoms with Crippen LogP contribution in [-0.4, -0.2) is 41.9 Å². The van der Waals surface area contributed by atoms with E-state index in [9.17, 15) is 14.4 Å². The number of benzene rings is 1. The highest BCUT2D eigenvalue weighted by Gasteiger charge is 2.52. The molecule has 1 aromatic rings. The van der Waals surface area contributed by atoms with E-state index in [2.05, 4.69) is 5.32 Å². The van der Waals surface area contributed by atoms with Crippen LogP contribution in [0.1, 0.15) is 38.5 Å². The van der Waals surface area contributed by atoms with E-state index in [-0.39, 0.29) is 17.8 Å². The van der Waals surface area contributed by atoms with Crippen LogP contribution in [-0.2, 0) is 9.59 Å². The van der Waals surface area contributed by atoms with Gasteiger partial charge in [0.1, 0.15) is 5.54 Å². The summed E-state index contributed by atoms with van der Waals surface area (Å²) in [4.78, 5) is 39.7. The first-order valence-electron chi connectivity index (χ1n) is 8.49. The van der Waals surface area contributed by atoms with Crippen molar-refractivity contribution in [3.05, 3.63) is 30.3 Å². The highest BCUT2D eigenvalue weighted by molar-refractivity contribution is 6.07. The molecule has 4 amide bonds. The third-order valence-electron chi connectivity index (χ3n) is 4.99. The minimum absolute atomic E-state index is 0.0242. The molecule has 1 saturated heterocycles. The molecular formula is C18H23N3O3. The van der Waals surface area contributed by atoms with Gasteiger partial charge < -0.3 is 10.2 Å². The molecule has 1 spiro atoms. The molecule has 1 aromatic carbocycles. The number of nitrogens with zero attached hydrogens (tertiary/aromatic N) is 2. The predicted molar refractivity (Wildman–Crippen MR) is 90.5 cm³/mol. The van der Waals surface area contributed by atoms with E-state index in [0.717, 1.165) is 31.4 Å². The van der Waals surface area contributed by atoms with Gasteiger partial charge in [-0.15, -0.1) is 0 Å². The minimum Gasteiger partial charge on any atom is -0.323 e. The zero-order valence-corrected chi connectivity index (χ0v) is 14.0. The summed E-state index contributed by atoms with van der Waals surface area (Å²) in [5.74, 6) is -0.141. The lowest BCUT2D eigenvalue weighted by Gasteiger charge is -2.20. The molecule has 0 aromatic heterocycles. The number of anilines is 1. The summed E-state index contributed by atoms with van der Waals surface area (Å²) >= 11 is 0. The van der Waals surface area contributed by atoms with Crippen LogP contribution in [0.25, 0.3) is 0 Å². The van der Waals surface area contributed by atoms with Crippen LogP contribution in [0, 0.1) is 0 Å². The molecule has 1 heterocycles. The van der Waals surface area contributed by atoms with E-state index in [1.165, 1.54) is 4.90 Å². The monoisotopic (exact) mass is 329 g/mol. The van der Waals surface area contributed by atoms with Crippen LogP contribution in [0.2, 0.25) is 0 Å². The fourth-order valence-corrected chi connectivity index (χ4v) is 3.55. The first-order valence-corrected chi connectivity index (χ1v) is 8.49. The van der Waals surface area contributed by atoms with Crippen molar-refractivity contribution in [3.63, 3.8) is 0 Å². The van der Waals surface area contributed by atoms with Crippen molar-refractivity contribution < 1.29 is 14.4 Å². The van der Waals surface area contributed by atoms with Crippen molar-refractivity contribution in [2.45, 2.75) is 44.1 Å². The third-order valence-corrected chi connectivity index (χ3v) is 4.99. The van der Waals surface area contributed by atoms with Crippen molar-refractivity contribution >= 4 is 23.5 Å². The summed E-state index contributed by atoms with van der Waals surface area (Å²) in [6.45, 7) is 0.292. The Bertz CT molecular complexity index is 638. The molecule has 1 aliphatic carbocycles. The number of rotatable bonds is 5. The average molecular weight is 329 g/mol. The number of urea groups is 1. The zero-order chi connectivity index (χ0) is 17.2. The Hall–Kier alpha value is -2.37. The maximum absolute atomic E-state index is 12.5. The van der Waals surface area contributed by atoms with Crippen LogP contribution >= 0.6 is 0 Å². The summed E-state index contributed by atoms with van der Waals surface area (Å²) in [6.07, 6.45) is 4.18. The normalized spacial score (nSPS) is 19.0. The van der Waals surface area contributed by atoms with Gasteiger partial charge in [-0.05, 0) is 31.4 Å². The zero-order valence-electron chi connectivity index (χ0n) is 14.0. The summed E-state index contributed by atoms with van der Waals surface area (Å²) in [5, 5.41) is 2.86. The van der Waals surface area contributed by atoms with E-state index in [1.54, 1.807) is 11.9 Å². The molecule has 6 heteroatoms. The topological polar surface area (TPSA) is 69.7 Å². The van der Waals surface area contributed by atoms with E-state index in [0.29, 0.717) is 19.4 Å². The van der Waals surface area contributed by atoms with Gasteiger partial charge in [-0.2, -0.15) is 0 Å². The van der Waals surface area contributed by atoms with Gasteiger partial charge in [0.2, 0.25) is 5.91 Å². The second-order valence-corrected chi connectivity index (χ2v) is 6.57. The molecule has 1 saturated carbocycles. The van der Waals surface area contributed by atoms with Gasteiger partial charge >= 0.3 is 6.03 Å². The number of hydrogen-bond acceptors (Lipinski definition) is 3. The largest absolute Gasteiger partial charge is 0.325 e. The average Bonchev–Trinajstić information content (AvgIpc) is 3.15. The molecule has 0 radical (unpaired) electrons. The number of carbonyl (C=O) groups is 3. The van der Waals surface area contributed by atoms with Crippen molar-refractivity contribution in [3.8, 4) is 0 Å². The van der Waals surface area contributed by atoms with Crippen molar-refractivity contribution in [1.29, 1.82) is 0 Å². The molecule has 2 aliphatic rings. The second kappa shape index (κ2) is 6.63. The molecule has 1 N–H and O–H groups in total. The Morgan fingerprint density at radius 1 is 1.21 bits per heavy atom. The van der Waals surface area contributed by atoms with Gasteiger partial charge in [-0.25, -0.2) is 4.79 Å². The van der Waals surface area contributed by atoms with Crippen LogP contribution in [0.3, 0.4) is 0 Å². The lowest BCUT2D eigenvalue weighted by molar-refractivity contribution is -0.131. The molecule has 0 bridgehead atoms. The Balaban J connectivity index is 1.52. The van der Waals surface area contributed by atoms with Gasteiger partial charge in [-0.3, -0.25) is 14.5 Å². The van der Waals surface area contributed by atoms with Crippen LogP contribution in [0.4, 0.5) is 10.5 Å². The predicted octanol–water partition coefficient (Wildman–Crippen LogP) is 2.29. The fraction of sp³-hybridized carbons (Fsp3) is 0.500. The molecule has 6 nitrogen and oxygen atoms in total. The number of para-hydroxylation sites is 1. The molecule has 0 unspecified atom stereocenters. The van der Waals surface area contributed by atoms with E-state index < -0.39 is 5.54 Å². The van der Waals surface area contributed by atoms with E-state index in [4.69, 9.17) is 0 Å². The van der Waals surface area contributed by atoms with Gasteiger partial charge in [0, 0.05) is 25.7 Å². The number of hydrogen-bond donors (Lipinski definition) is 1. The maximum atomic E-state index is 12.5. The van der Waals surface area contributed by atoms with Gasteiger partial charge in [0.25, 0.3) is 5.91 Å². The minimum atomic E-state index is -0.665. The molecular weight excluding hydrogens is 306 g/mol. The fourth-order valence-electron chi connectivity index (χ4n) is 3.55. The first-order chi connectivity index (χ1) is 11.5. The first kappa shape index (κ1) is 16.5. The van der Waals surface area contributed by atoms with Crippen molar-refractivity contribution in [2.75, 3.05) is 18.5 Å². The Morgan fingerprint density at radius 2 is 1.88 bits per heavy atom. The van der Waals surface area contributed by atoms with Crippen molar-refractivity contribution in [2.24, 2.45) is 0 Å². The van der Waals surface area contributed by atoms with Gasteiger partial charge in [0.15, 0.2) is 0 Å². The highest BCUT2D eigenvalue weighted by Crippen LogP contribution is 2.35. The summed E-state index contributed by atoms with van der Waals surface area (Å²) in [7, 11) is 1.74. The maximum Gasteiger partial charge on any atom is 0.325 e. The van der Waals surface area contributed by atoms with Gasteiger partial charge in [-0.1, -0.05) is 31.0 Å². The quantitative estimate of drug-likeness (QED) is 0.843. The molecule has 3 rings (SSSR count). The molecule has 2 fully saturated rings. The number of amides is 4. The Kier molecular flexibility index (Phi) is 4.55. The van der Waals surface area contributed by atoms with E-state index >= 15 is 0 Å². The van der Waals surface area contributed by atoms with Crippen LogP contribution in [0.15, 0.2) is 30.3 Å². The number of nitrogens with one attached hydrogen (secondary N) is 1. The van der Waals surface area contributed by atoms with Gasteiger partial charge in [0.05, 0.1) is 0 Å². The SMILES string of the molecule is CN(C(=O)CCCN1C(=O)NC2(CCCC2)C1=O)c1ccccc1. The third kappa shape index (κ3) is 3.00. The van der Waals surface area contributed by atoms with Crippen LogP contribution < -0.4 is 10.2 Å². The number of carbonyl (C=O) groups excluding carboxylic acids is 3. The highest BCUT2D eigenvalue weighted by atomic mass is 16.2. The molecule has 128 valence electrons. The summed E-state index contributed by atoms with van der Waals surface area (Å²) in [5.41, 5.74) is 0.171. The molecule has 1 aliphatic heterocycles. The summed E-state index contributed by atoms with van der Waals surface area (Å²) in [6, 6.07) is 9.10. The van der Waals surface area contributed by atoms with Crippen LogP contribution in [0.5, 0.6) is 0 Å². The Morgan fingerprint density at radius 3 is 2.54 bits per heavy atom. The lowest BCUT2D eigenvalue weighted by Crippen LogP contribution is -2.44. The molecule has 24 heavy (non-hydrogen) atoms. The molecule has 0 atom stereocenters.